The van der Waals surface area contributed by atoms with Gasteiger partial charge >= 0.3 is 0 Å². The smallest absolute Gasteiger partial charge is 0.252 e. The van der Waals surface area contributed by atoms with Gasteiger partial charge in [0.15, 0.2) is 0 Å². The standard InChI is InChI=1S/C21H21Cl2FN4OS/c1-2-28-20(18(23)11-26-28)15-9-19(30)16(8-17(15)22)21(29)27-14(10-25)7-12-4-3-5-13(24)6-12/h3-6,8,11,14H,2,7,9-10,25H2,1H3,(H,27,29)/t14-/m0/s1. The van der Waals surface area contributed by atoms with E-state index >= 15 is 0 Å². The summed E-state index contributed by atoms with van der Waals surface area (Å²) in [4.78, 5) is 13.3. The number of thiocarbonyl (C=S) groups is 1. The molecule has 3 N–H and O–H groups in total. The molecule has 1 amide bonds. The van der Waals surface area contributed by atoms with Gasteiger partial charge in [-0.3, -0.25) is 9.48 Å². The number of nitrogens with zero attached hydrogens (tertiary/aromatic N) is 2. The fourth-order valence-corrected chi connectivity index (χ4v) is 4.15. The zero-order valence-electron chi connectivity index (χ0n) is 16.3. The maximum atomic E-state index is 13.4. The molecule has 2 aromatic rings. The van der Waals surface area contributed by atoms with Gasteiger partial charge in [-0.2, -0.15) is 5.10 Å². The number of aromatic nitrogens is 2. The van der Waals surface area contributed by atoms with Crippen LogP contribution >= 0.6 is 35.4 Å². The van der Waals surface area contributed by atoms with E-state index in [1.807, 2.05) is 6.92 Å². The molecular formula is C21H21Cl2FN4OS. The van der Waals surface area contributed by atoms with Crippen molar-refractivity contribution in [3.05, 3.63) is 69.2 Å². The highest BCUT2D eigenvalue weighted by molar-refractivity contribution is 7.81. The molecule has 158 valence electrons. The zero-order chi connectivity index (χ0) is 21.8. The van der Waals surface area contributed by atoms with Crippen LogP contribution in [0.25, 0.3) is 5.57 Å². The first-order chi connectivity index (χ1) is 14.3. The second-order valence-corrected chi connectivity index (χ2v) is 8.19. The molecule has 1 aliphatic carbocycles. The third-order valence-electron chi connectivity index (χ3n) is 4.81. The molecule has 1 atom stereocenters. The molecule has 5 nitrogen and oxygen atoms in total. The molecule has 0 spiro atoms. The van der Waals surface area contributed by atoms with Gasteiger partial charge < -0.3 is 11.1 Å². The highest BCUT2D eigenvalue weighted by Crippen LogP contribution is 2.36. The second-order valence-electron chi connectivity index (χ2n) is 6.88. The molecule has 1 aromatic heterocycles. The lowest BCUT2D eigenvalue weighted by molar-refractivity contribution is -0.117. The Kier molecular flexibility index (Phi) is 7.41. The highest BCUT2D eigenvalue weighted by Gasteiger charge is 2.27. The largest absolute Gasteiger partial charge is 0.348 e. The van der Waals surface area contributed by atoms with Crippen LogP contribution in [0.15, 0.2) is 47.1 Å². The minimum atomic E-state index is -0.372. The zero-order valence-corrected chi connectivity index (χ0v) is 18.6. The SMILES string of the molecule is CCn1ncc(Cl)c1C1=C(Cl)C=C(C(=O)N[C@H](CN)Cc2cccc(F)c2)C(=S)C1. The van der Waals surface area contributed by atoms with Gasteiger partial charge in [0, 0.05) is 41.0 Å². The summed E-state index contributed by atoms with van der Waals surface area (Å²) in [7, 11) is 0. The van der Waals surface area contributed by atoms with Crippen molar-refractivity contribution in [3.63, 3.8) is 0 Å². The molecule has 0 fully saturated rings. The second kappa shape index (κ2) is 9.83. The van der Waals surface area contributed by atoms with Crippen LogP contribution in [0, 0.1) is 5.82 Å². The van der Waals surface area contributed by atoms with Crippen molar-refractivity contribution >= 4 is 51.8 Å². The minimum Gasteiger partial charge on any atom is -0.348 e. The Balaban J connectivity index is 1.81. The number of hydrogen-bond acceptors (Lipinski definition) is 4. The fourth-order valence-electron chi connectivity index (χ4n) is 3.33. The summed E-state index contributed by atoms with van der Waals surface area (Å²) in [6.45, 7) is 2.77. The van der Waals surface area contributed by atoms with Crippen LogP contribution in [-0.2, 0) is 17.8 Å². The molecule has 0 radical (unpaired) electrons. The van der Waals surface area contributed by atoms with E-state index in [0.29, 0.717) is 45.6 Å². The average Bonchev–Trinajstić information content (AvgIpc) is 3.09. The predicted octanol–water partition coefficient (Wildman–Crippen LogP) is 4.03. The number of nitrogens with two attached hydrogens (primary N) is 1. The Hall–Kier alpha value is -2.06. The molecule has 9 heteroatoms. The van der Waals surface area contributed by atoms with E-state index in [0.717, 1.165) is 11.1 Å². The lowest BCUT2D eigenvalue weighted by atomic mass is 9.94. The Morgan fingerprint density at radius 3 is 2.87 bits per heavy atom. The Labute approximate surface area is 189 Å². The van der Waals surface area contributed by atoms with Crippen LogP contribution < -0.4 is 11.1 Å². The number of carbonyl (C=O) groups excluding carboxylic acids is 1. The monoisotopic (exact) mass is 466 g/mol. The van der Waals surface area contributed by atoms with Crippen molar-refractivity contribution in [1.29, 1.82) is 0 Å². The number of amides is 1. The van der Waals surface area contributed by atoms with Crippen molar-refractivity contribution < 1.29 is 9.18 Å². The molecule has 0 aliphatic heterocycles. The fraction of sp³-hybridized carbons (Fsp3) is 0.286. The van der Waals surface area contributed by atoms with Crippen molar-refractivity contribution in [2.45, 2.75) is 32.4 Å². The van der Waals surface area contributed by atoms with E-state index in [1.54, 1.807) is 29.1 Å². The normalized spacial score (nSPS) is 15.2. The van der Waals surface area contributed by atoms with Crippen molar-refractivity contribution in [2.24, 2.45) is 5.73 Å². The third-order valence-corrected chi connectivity index (χ3v) is 5.79. The van der Waals surface area contributed by atoms with Gasteiger partial charge in [0.25, 0.3) is 5.91 Å². The summed E-state index contributed by atoms with van der Waals surface area (Å²) in [5.41, 5.74) is 8.31. The van der Waals surface area contributed by atoms with Crippen LogP contribution in [-0.4, -0.2) is 33.1 Å². The number of nitrogens with one attached hydrogen (secondary N) is 1. The van der Waals surface area contributed by atoms with E-state index in [4.69, 9.17) is 41.2 Å². The van der Waals surface area contributed by atoms with Crippen molar-refractivity contribution in [2.75, 3.05) is 6.54 Å². The molecule has 1 heterocycles. The van der Waals surface area contributed by atoms with E-state index in [-0.39, 0.29) is 24.3 Å². The summed E-state index contributed by atoms with van der Waals surface area (Å²) in [6, 6.07) is 5.83. The van der Waals surface area contributed by atoms with Crippen molar-refractivity contribution in [1.82, 2.24) is 15.1 Å². The van der Waals surface area contributed by atoms with Gasteiger partial charge in [0.1, 0.15) is 5.82 Å². The first-order valence-electron chi connectivity index (χ1n) is 9.44. The van der Waals surface area contributed by atoms with Crippen LogP contribution in [0.5, 0.6) is 0 Å². The first kappa shape index (κ1) is 22.6. The molecule has 0 unspecified atom stereocenters. The number of benzene rings is 1. The summed E-state index contributed by atoms with van der Waals surface area (Å²) in [5.74, 6) is -0.695. The Morgan fingerprint density at radius 2 is 2.20 bits per heavy atom. The topological polar surface area (TPSA) is 72.9 Å². The summed E-state index contributed by atoms with van der Waals surface area (Å²) < 4.78 is 15.2. The number of halogens is 3. The molecule has 30 heavy (non-hydrogen) atoms. The number of allylic oxidation sites excluding steroid dienone is 3. The Morgan fingerprint density at radius 1 is 1.43 bits per heavy atom. The van der Waals surface area contributed by atoms with Gasteiger partial charge in [-0.15, -0.1) is 0 Å². The number of carbonyl (C=O) groups is 1. The highest BCUT2D eigenvalue weighted by atomic mass is 35.5. The molecular weight excluding hydrogens is 446 g/mol. The van der Waals surface area contributed by atoms with Crippen LogP contribution in [0.1, 0.15) is 24.6 Å². The lowest BCUT2D eigenvalue weighted by Gasteiger charge is -2.22. The maximum absolute atomic E-state index is 13.4. The Bertz CT molecular complexity index is 1050. The average molecular weight is 467 g/mol. The summed E-state index contributed by atoms with van der Waals surface area (Å²) in [5, 5.41) is 7.97. The molecule has 0 saturated heterocycles. The van der Waals surface area contributed by atoms with E-state index in [9.17, 15) is 9.18 Å². The number of rotatable bonds is 7. The van der Waals surface area contributed by atoms with E-state index in [2.05, 4.69) is 10.4 Å². The summed E-state index contributed by atoms with van der Waals surface area (Å²) in [6.07, 6.45) is 3.82. The first-order valence-corrected chi connectivity index (χ1v) is 10.6. The van der Waals surface area contributed by atoms with E-state index in [1.165, 1.54) is 12.1 Å². The van der Waals surface area contributed by atoms with Gasteiger partial charge in [-0.05, 0) is 37.1 Å². The summed E-state index contributed by atoms with van der Waals surface area (Å²) >= 11 is 18.3. The maximum Gasteiger partial charge on any atom is 0.252 e. The van der Waals surface area contributed by atoms with Gasteiger partial charge in [0.2, 0.25) is 0 Å². The van der Waals surface area contributed by atoms with E-state index < -0.39 is 0 Å². The van der Waals surface area contributed by atoms with Crippen molar-refractivity contribution in [3.8, 4) is 0 Å². The van der Waals surface area contributed by atoms with Gasteiger partial charge in [0.05, 0.1) is 22.5 Å². The third kappa shape index (κ3) is 4.98. The van der Waals surface area contributed by atoms with Gasteiger partial charge in [-0.1, -0.05) is 47.6 Å². The van der Waals surface area contributed by atoms with Crippen LogP contribution in [0.3, 0.4) is 0 Å². The quantitative estimate of drug-likeness (QED) is 0.604. The molecule has 3 rings (SSSR count). The van der Waals surface area contributed by atoms with Crippen LogP contribution in [0.4, 0.5) is 4.39 Å². The molecule has 1 aromatic carbocycles. The number of hydrogen-bond donors (Lipinski definition) is 2. The minimum absolute atomic E-state index is 0.197. The number of aryl methyl sites for hydroxylation is 1. The lowest BCUT2D eigenvalue weighted by Crippen LogP contribution is -2.43. The molecule has 1 aliphatic rings. The van der Waals surface area contributed by atoms with Gasteiger partial charge in [-0.25, -0.2) is 4.39 Å². The molecule has 0 bridgehead atoms. The predicted molar refractivity (Wildman–Crippen MR) is 122 cm³/mol. The van der Waals surface area contributed by atoms with Crippen LogP contribution in [0.2, 0.25) is 5.02 Å². The molecule has 0 saturated carbocycles.